The predicted molar refractivity (Wildman–Crippen MR) is 85.9 cm³/mol. The van der Waals surface area contributed by atoms with E-state index in [-0.39, 0.29) is 22.2 Å². The summed E-state index contributed by atoms with van der Waals surface area (Å²) < 4.78 is 24.8. The summed E-state index contributed by atoms with van der Waals surface area (Å²) >= 11 is 1.19. The summed E-state index contributed by atoms with van der Waals surface area (Å²) in [5, 5.41) is 0.622. The van der Waals surface area contributed by atoms with Crippen LogP contribution in [0.4, 0.5) is 10.7 Å². The van der Waals surface area contributed by atoms with Crippen LogP contribution in [0.15, 0.2) is 4.90 Å². The molecule has 1 aliphatic rings. The average molecular weight is 331 g/mol. The molecule has 118 valence electrons. The molecule has 0 atom stereocenters. The number of nitrogen functional groups attached to an aromatic ring is 1. The van der Waals surface area contributed by atoms with E-state index in [0.29, 0.717) is 9.88 Å². The molecule has 0 radical (unpaired) electrons. The van der Waals surface area contributed by atoms with Crippen molar-refractivity contribution in [1.82, 2.24) is 4.90 Å². The lowest BCUT2D eigenvalue weighted by atomic mass is 10.3. The van der Waals surface area contributed by atoms with Crippen molar-refractivity contribution in [2.24, 2.45) is 0 Å². The summed E-state index contributed by atoms with van der Waals surface area (Å²) in [5.41, 5.74) is 6.13. The van der Waals surface area contributed by atoms with Crippen LogP contribution in [-0.4, -0.2) is 52.2 Å². The van der Waals surface area contributed by atoms with E-state index in [1.54, 1.807) is 21.0 Å². The predicted octanol–water partition coefficient (Wildman–Crippen LogP) is 1.43. The molecule has 6 nitrogen and oxygen atoms in total. The van der Waals surface area contributed by atoms with E-state index in [1.807, 2.05) is 4.90 Å². The van der Waals surface area contributed by atoms with Gasteiger partial charge in [0.1, 0.15) is 14.8 Å². The molecular formula is C13H21N3O3S2. The summed E-state index contributed by atoms with van der Waals surface area (Å²) in [5.74, 6) is -0.278. The zero-order valence-corrected chi connectivity index (χ0v) is 14.2. The van der Waals surface area contributed by atoms with E-state index in [4.69, 9.17) is 5.73 Å². The monoisotopic (exact) mass is 331 g/mol. The molecule has 1 aromatic heterocycles. The number of amides is 1. The zero-order chi connectivity index (χ0) is 15.8. The maximum Gasteiger partial charge on any atom is 0.265 e. The summed E-state index contributed by atoms with van der Waals surface area (Å²) in [7, 11) is -0.202. The van der Waals surface area contributed by atoms with Crippen molar-refractivity contribution in [2.75, 3.05) is 43.6 Å². The Morgan fingerprint density at radius 3 is 2.38 bits per heavy atom. The van der Waals surface area contributed by atoms with Crippen molar-refractivity contribution >= 4 is 37.8 Å². The second-order valence-corrected chi connectivity index (χ2v) is 8.49. The molecule has 2 rings (SSSR count). The Hall–Kier alpha value is -1.28. The van der Waals surface area contributed by atoms with Crippen LogP contribution in [0.25, 0.3) is 0 Å². The number of rotatable bonds is 4. The smallest absolute Gasteiger partial charge is 0.265 e. The Morgan fingerprint density at radius 2 is 1.90 bits per heavy atom. The molecular weight excluding hydrogens is 310 g/mol. The number of nitrogens with two attached hydrogens (primary N) is 1. The zero-order valence-electron chi connectivity index (χ0n) is 12.5. The molecule has 1 saturated heterocycles. The second kappa shape index (κ2) is 5.84. The maximum atomic E-state index is 12.4. The van der Waals surface area contributed by atoms with E-state index in [9.17, 15) is 13.2 Å². The van der Waals surface area contributed by atoms with Crippen LogP contribution in [0.5, 0.6) is 0 Å². The molecule has 0 saturated carbocycles. The van der Waals surface area contributed by atoms with Crippen LogP contribution >= 0.6 is 11.3 Å². The van der Waals surface area contributed by atoms with Gasteiger partial charge >= 0.3 is 0 Å². The van der Waals surface area contributed by atoms with Crippen LogP contribution in [0, 0.1) is 0 Å². The van der Waals surface area contributed by atoms with Crippen molar-refractivity contribution in [2.45, 2.75) is 24.7 Å². The Kier molecular flexibility index (Phi) is 4.48. The molecule has 21 heavy (non-hydrogen) atoms. The van der Waals surface area contributed by atoms with Gasteiger partial charge in [-0.05, 0) is 12.8 Å². The number of thiophene rings is 1. The number of sulfone groups is 1. The molecule has 1 amide bonds. The minimum absolute atomic E-state index is 0.0234. The molecule has 1 aromatic rings. The Morgan fingerprint density at radius 1 is 1.33 bits per heavy atom. The molecule has 1 fully saturated rings. The molecule has 1 aliphatic heterocycles. The third kappa shape index (κ3) is 2.87. The van der Waals surface area contributed by atoms with Gasteiger partial charge in [-0.2, -0.15) is 0 Å². The van der Waals surface area contributed by atoms with Crippen molar-refractivity contribution in [3.8, 4) is 0 Å². The van der Waals surface area contributed by atoms with E-state index in [2.05, 4.69) is 0 Å². The Balaban J connectivity index is 2.62. The fraction of sp³-hybridized carbons (Fsp3) is 0.615. The van der Waals surface area contributed by atoms with Gasteiger partial charge in [0, 0.05) is 27.2 Å². The summed E-state index contributed by atoms with van der Waals surface area (Å²) in [6, 6.07) is 0. The molecule has 0 bridgehead atoms. The molecule has 0 aromatic carbocycles. The Labute approximate surface area is 129 Å². The average Bonchev–Trinajstić information content (AvgIpc) is 3.05. The van der Waals surface area contributed by atoms with Crippen LogP contribution in [0.3, 0.4) is 0 Å². The van der Waals surface area contributed by atoms with E-state index >= 15 is 0 Å². The first kappa shape index (κ1) is 16.1. The summed E-state index contributed by atoms with van der Waals surface area (Å²) in [4.78, 5) is 16.1. The third-order valence-electron chi connectivity index (χ3n) is 3.57. The van der Waals surface area contributed by atoms with Gasteiger partial charge in [0.05, 0.1) is 11.4 Å². The topological polar surface area (TPSA) is 83.7 Å². The molecule has 0 spiro atoms. The summed E-state index contributed by atoms with van der Waals surface area (Å²) in [6.07, 6.45) is 2.06. The molecule has 0 unspecified atom stereocenters. The molecule has 2 N–H and O–H groups in total. The highest BCUT2D eigenvalue weighted by Crippen LogP contribution is 2.43. The fourth-order valence-corrected chi connectivity index (χ4v) is 5.23. The van der Waals surface area contributed by atoms with Crippen LogP contribution in [0.2, 0.25) is 0 Å². The Bertz CT molecular complexity index is 644. The number of hydrogen-bond acceptors (Lipinski definition) is 6. The van der Waals surface area contributed by atoms with Crippen molar-refractivity contribution in [1.29, 1.82) is 0 Å². The second-order valence-electron chi connectivity index (χ2n) is 5.28. The van der Waals surface area contributed by atoms with Crippen LogP contribution in [-0.2, 0) is 9.84 Å². The van der Waals surface area contributed by atoms with E-state index in [0.717, 1.165) is 25.9 Å². The first-order chi connectivity index (χ1) is 9.79. The first-order valence-electron chi connectivity index (χ1n) is 6.91. The minimum atomic E-state index is -3.46. The van der Waals surface area contributed by atoms with Crippen molar-refractivity contribution < 1.29 is 13.2 Å². The van der Waals surface area contributed by atoms with E-state index in [1.165, 1.54) is 16.2 Å². The lowest BCUT2D eigenvalue weighted by Gasteiger charge is -2.17. The van der Waals surface area contributed by atoms with Gasteiger partial charge in [0.25, 0.3) is 5.91 Å². The molecule has 8 heteroatoms. The highest BCUT2D eigenvalue weighted by Gasteiger charge is 2.32. The van der Waals surface area contributed by atoms with E-state index < -0.39 is 9.84 Å². The van der Waals surface area contributed by atoms with Crippen molar-refractivity contribution in [3.63, 3.8) is 0 Å². The van der Waals surface area contributed by atoms with Gasteiger partial charge in [-0.3, -0.25) is 4.79 Å². The SMILES string of the molecule is CCS(=O)(=O)c1c(N2CCCC2)sc(C(=O)N(C)C)c1N. The quantitative estimate of drug-likeness (QED) is 0.902. The maximum absolute atomic E-state index is 12.4. The highest BCUT2D eigenvalue weighted by molar-refractivity contribution is 7.92. The number of carbonyl (C=O) groups excluding carboxylic acids is 1. The first-order valence-corrected chi connectivity index (χ1v) is 9.38. The lowest BCUT2D eigenvalue weighted by Crippen LogP contribution is -2.21. The molecule has 0 aliphatic carbocycles. The highest BCUT2D eigenvalue weighted by atomic mass is 32.2. The fourth-order valence-electron chi connectivity index (χ4n) is 2.35. The lowest BCUT2D eigenvalue weighted by molar-refractivity contribution is 0.0833. The third-order valence-corrected chi connectivity index (χ3v) is 6.75. The number of carbonyl (C=O) groups is 1. The normalized spacial score (nSPS) is 15.5. The van der Waals surface area contributed by atoms with Gasteiger partial charge in [-0.25, -0.2) is 8.42 Å². The minimum Gasteiger partial charge on any atom is -0.396 e. The number of anilines is 2. The van der Waals surface area contributed by atoms with Crippen LogP contribution in [0.1, 0.15) is 29.4 Å². The standard InChI is InChI=1S/C13H21N3O3S2/c1-4-21(18,19)11-9(14)10(12(17)15(2)3)20-13(11)16-7-5-6-8-16/h4-8,14H2,1-3H3. The number of hydrogen-bond donors (Lipinski definition) is 1. The largest absolute Gasteiger partial charge is 0.396 e. The van der Waals surface area contributed by atoms with Gasteiger partial charge in [0.2, 0.25) is 0 Å². The van der Waals surface area contributed by atoms with Gasteiger partial charge < -0.3 is 15.5 Å². The molecule has 2 heterocycles. The van der Waals surface area contributed by atoms with Gasteiger partial charge in [-0.15, -0.1) is 11.3 Å². The van der Waals surface area contributed by atoms with Crippen LogP contribution < -0.4 is 10.6 Å². The van der Waals surface area contributed by atoms with Crippen molar-refractivity contribution in [3.05, 3.63) is 4.88 Å². The number of nitrogens with zero attached hydrogens (tertiary/aromatic N) is 2. The summed E-state index contributed by atoms with van der Waals surface area (Å²) in [6.45, 7) is 3.21. The van der Waals surface area contributed by atoms with Gasteiger partial charge in [0.15, 0.2) is 9.84 Å². The van der Waals surface area contributed by atoms with Gasteiger partial charge in [-0.1, -0.05) is 6.92 Å².